The lowest BCUT2D eigenvalue weighted by Crippen LogP contribution is -2.36. The van der Waals surface area contributed by atoms with E-state index < -0.39 is 31.2 Å². The first-order chi connectivity index (χ1) is 13.6. The van der Waals surface area contributed by atoms with Gasteiger partial charge in [-0.25, -0.2) is 4.79 Å². The molecular formula is C19H22F3N3O4. The summed E-state index contributed by atoms with van der Waals surface area (Å²) in [6.07, 6.45) is -1.13. The second-order valence-electron chi connectivity index (χ2n) is 6.71. The first-order valence-electron chi connectivity index (χ1n) is 9.01. The number of halogens is 3. The number of ether oxygens (including phenoxy) is 2. The highest BCUT2D eigenvalue weighted by Crippen LogP contribution is 2.22. The molecule has 1 aliphatic rings. The van der Waals surface area contributed by atoms with Crippen molar-refractivity contribution < 1.29 is 32.2 Å². The molecule has 1 aliphatic heterocycles. The number of aromatic nitrogens is 1. The zero-order valence-corrected chi connectivity index (χ0v) is 16.1. The van der Waals surface area contributed by atoms with Crippen LogP contribution in [0.5, 0.6) is 0 Å². The number of carbonyl (C=O) groups is 2. The van der Waals surface area contributed by atoms with Crippen LogP contribution in [0.4, 0.5) is 13.2 Å². The molecule has 1 aromatic heterocycles. The van der Waals surface area contributed by atoms with Gasteiger partial charge in [0.25, 0.3) is 5.91 Å². The Hall–Kier alpha value is -2.80. The van der Waals surface area contributed by atoms with Crippen molar-refractivity contribution in [3.8, 4) is 6.07 Å². The Morgan fingerprint density at radius 2 is 2.17 bits per heavy atom. The lowest BCUT2D eigenvalue weighted by Gasteiger charge is -2.14. The second-order valence-corrected chi connectivity index (χ2v) is 6.71. The zero-order chi connectivity index (χ0) is 21.6. The molecule has 1 atom stereocenters. The number of hydrogen-bond donors (Lipinski definition) is 1. The Morgan fingerprint density at radius 3 is 2.76 bits per heavy atom. The summed E-state index contributed by atoms with van der Waals surface area (Å²) in [5.41, 5.74) is 2.05. The molecule has 1 saturated heterocycles. The lowest BCUT2D eigenvalue weighted by atomic mass is 10.1. The van der Waals surface area contributed by atoms with E-state index in [0.717, 1.165) is 30.8 Å². The number of nitrogens with one attached hydrogen (secondary N) is 1. The van der Waals surface area contributed by atoms with E-state index in [9.17, 15) is 28.0 Å². The van der Waals surface area contributed by atoms with Gasteiger partial charge in [0.15, 0.2) is 6.61 Å². The van der Waals surface area contributed by atoms with Crippen molar-refractivity contribution in [3.05, 3.63) is 28.6 Å². The Bertz CT molecular complexity index is 831. The highest BCUT2D eigenvalue weighted by Gasteiger charge is 2.28. The molecule has 1 N–H and O–H groups in total. The molecule has 1 fully saturated rings. The Labute approximate surface area is 166 Å². The Balaban J connectivity index is 2.02. The predicted octanol–water partition coefficient (Wildman–Crippen LogP) is 2.41. The number of esters is 1. The summed E-state index contributed by atoms with van der Waals surface area (Å²) < 4.78 is 48.5. The van der Waals surface area contributed by atoms with Crippen molar-refractivity contribution in [3.63, 3.8) is 0 Å². The minimum Gasteiger partial charge on any atom is -0.451 e. The molecular weight excluding hydrogens is 391 g/mol. The van der Waals surface area contributed by atoms with Gasteiger partial charge in [-0.15, -0.1) is 0 Å². The smallest absolute Gasteiger partial charge is 0.405 e. The van der Waals surface area contributed by atoms with E-state index in [1.807, 2.05) is 24.5 Å². The van der Waals surface area contributed by atoms with E-state index in [1.165, 1.54) is 6.08 Å². The first kappa shape index (κ1) is 22.5. The zero-order valence-electron chi connectivity index (χ0n) is 16.1. The molecule has 0 aliphatic carbocycles. The largest absolute Gasteiger partial charge is 0.451 e. The second kappa shape index (κ2) is 9.60. The third-order valence-corrected chi connectivity index (χ3v) is 4.48. The number of aryl methyl sites for hydroxylation is 1. The summed E-state index contributed by atoms with van der Waals surface area (Å²) in [5.74, 6) is -2.19. The average Bonchev–Trinajstić information content (AvgIpc) is 3.25. The fourth-order valence-electron chi connectivity index (χ4n) is 3.00. The minimum atomic E-state index is -4.57. The van der Waals surface area contributed by atoms with Crippen LogP contribution in [-0.2, 0) is 25.6 Å². The number of carbonyl (C=O) groups excluding carboxylic acids is 2. The summed E-state index contributed by atoms with van der Waals surface area (Å²) in [4.78, 5) is 23.3. The molecule has 158 valence electrons. The van der Waals surface area contributed by atoms with Gasteiger partial charge in [0.05, 0.1) is 6.10 Å². The summed E-state index contributed by atoms with van der Waals surface area (Å²) in [7, 11) is 0. The van der Waals surface area contributed by atoms with E-state index in [4.69, 9.17) is 4.74 Å². The van der Waals surface area contributed by atoms with Crippen LogP contribution in [-0.4, -0.2) is 48.5 Å². The SMILES string of the molecule is Cc1cc(/C=C(\C#N)C(=O)OCC(=O)NCC(F)(F)F)c(C)n1C[C@@H]1CCCO1. The normalized spacial score (nSPS) is 17.1. The van der Waals surface area contributed by atoms with E-state index >= 15 is 0 Å². The first-order valence-corrected chi connectivity index (χ1v) is 9.01. The lowest BCUT2D eigenvalue weighted by molar-refractivity contribution is -0.148. The van der Waals surface area contributed by atoms with Crippen molar-refractivity contribution in [2.75, 3.05) is 19.8 Å². The summed E-state index contributed by atoms with van der Waals surface area (Å²) in [5, 5.41) is 10.8. The number of alkyl halides is 3. The fraction of sp³-hybridized carbons (Fsp3) is 0.526. The molecule has 0 bridgehead atoms. The third-order valence-electron chi connectivity index (χ3n) is 4.48. The topological polar surface area (TPSA) is 93.4 Å². The molecule has 0 unspecified atom stereocenters. The number of rotatable bonds is 7. The summed E-state index contributed by atoms with van der Waals surface area (Å²) in [6.45, 7) is 2.70. The highest BCUT2D eigenvalue weighted by molar-refractivity contribution is 5.99. The van der Waals surface area contributed by atoms with Gasteiger partial charge in [0, 0.05) is 24.5 Å². The van der Waals surface area contributed by atoms with E-state index in [0.29, 0.717) is 12.1 Å². The van der Waals surface area contributed by atoms with Crippen molar-refractivity contribution in [1.82, 2.24) is 9.88 Å². The van der Waals surface area contributed by atoms with Gasteiger partial charge < -0.3 is 19.4 Å². The van der Waals surface area contributed by atoms with Gasteiger partial charge in [-0.3, -0.25) is 4.79 Å². The van der Waals surface area contributed by atoms with Crippen LogP contribution in [0.25, 0.3) is 6.08 Å². The number of hydrogen-bond acceptors (Lipinski definition) is 5. The molecule has 0 spiro atoms. The van der Waals surface area contributed by atoms with Crippen LogP contribution in [0.1, 0.15) is 29.8 Å². The Morgan fingerprint density at radius 1 is 1.45 bits per heavy atom. The van der Waals surface area contributed by atoms with Crippen molar-refractivity contribution in [2.24, 2.45) is 0 Å². The maximum absolute atomic E-state index is 12.1. The van der Waals surface area contributed by atoms with Gasteiger partial charge in [-0.1, -0.05) is 0 Å². The highest BCUT2D eigenvalue weighted by atomic mass is 19.4. The van der Waals surface area contributed by atoms with Crippen LogP contribution in [0, 0.1) is 25.2 Å². The standard InChI is InChI=1S/C19H22F3N3O4/c1-12-6-14(13(2)25(12)9-16-4-3-5-28-16)7-15(8-23)18(27)29-10-17(26)24-11-19(20,21)22/h6-7,16H,3-5,9-11H2,1-2H3,(H,24,26)/b15-7+/t16-/m0/s1. The van der Waals surface area contributed by atoms with Crippen molar-refractivity contribution >= 4 is 18.0 Å². The van der Waals surface area contributed by atoms with Crippen LogP contribution in [0.15, 0.2) is 11.6 Å². The average molecular weight is 413 g/mol. The van der Waals surface area contributed by atoms with Gasteiger partial charge in [-0.2, -0.15) is 18.4 Å². The quantitative estimate of drug-likeness (QED) is 0.421. The monoisotopic (exact) mass is 413 g/mol. The van der Waals surface area contributed by atoms with Crippen LogP contribution in [0.2, 0.25) is 0 Å². The van der Waals surface area contributed by atoms with Gasteiger partial charge in [0.2, 0.25) is 0 Å². The molecule has 0 radical (unpaired) electrons. The van der Waals surface area contributed by atoms with Crippen LogP contribution >= 0.6 is 0 Å². The third kappa shape index (κ3) is 6.64. The van der Waals surface area contributed by atoms with E-state index in [1.54, 1.807) is 11.4 Å². The molecule has 2 rings (SSSR count). The molecule has 1 aromatic rings. The van der Waals surface area contributed by atoms with Crippen molar-refractivity contribution in [1.29, 1.82) is 5.26 Å². The Kier molecular flexibility index (Phi) is 7.45. The summed E-state index contributed by atoms with van der Waals surface area (Å²) >= 11 is 0. The molecule has 10 heteroatoms. The predicted molar refractivity (Wildman–Crippen MR) is 96.5 cm³/mol. The summed E-state index contributed by atoms with van der Waals surface area (Å²) in [6, 6.07) is 3.51. The number of nitrogens with zero attached hydrogens (tertiary/aromatic N) is 2. The molecule has 1 amide bonds. The molecule has 0 aromatic carbocycles. The number of amides is 1. The van der Waals surface area contributed by atoms with E-state index in [-0.39, 0.29) is 11.7 Å². The maximum Gasteiger partial charge on any atom is 0.405 e. The minimum absolute atomic E-state index is 0.118. The van der Waals surface area contributed by atoms with Gasteiger partial charge in [-0.05, 0) is 44.4 Å². The molecule has 7 nitrogen and oxygen atoms in total. The van der Waals surface area contributed by atoms with Crippen molar-refractivity contribution in [2.45, 2.75) is 45.5 Å². The van der Waals surface area contributed by atoms with Crippen LogP contribution in [0.3, 0.4) is 0 Å². The van der Waals surface area contributed by atoms with E-state index in [2.05, 4.69) is 4.74 Å². The van der Waals surface area contributed by atoms with Gasteiger partial charge >= 0.3 is 12.1 Å². The maximum atomic E-state index is 12.1. The fourth-order valence-corrected chi connectivity index (χ4v) is 3.00. The molecule has 2 heterocycles. The van der Waals surface area contributed by atoms with Gasteiger partial charge in [0.1, 0.15) is 18.2 Å². The van der Waals surface area contributed by atoms with Crippen LogP contribution < -0.4 is 5.32 Å². The molecule has 29 heavy (non-hydrogen) atoms. The number of nitriles is 1. The molecule has 0 saturated carbocycles.